The lowest BCUT2D eigenvalue weighted by molar-refractivity contribution is -0.127. The van der Waals surface area contributed by atoms with Crippen LogP contribution < -0.4 is 0 Å². The Balaban J connectivity index is 3.95. The fourth-order valence-corrected chi connectivity index (χ4v) is 2.22. The predicted octanol–water partition coefficient (Wildman–Crippen LogP) is 6.31. The average molecular weight is 319 g/mol. The minimum Gasteiger partial charge on any atom is -0.464 e. The summed E-state index contributed by atoms with van der Waals surface area (Å²) in [6, 6.07) is 0. The van der Waals surface area contributed by atoms with E-state index < -0.39 is 0 Å². The first-order valence-corrected chi connectivity index (χ1v) is 8.61. The Bertz CT molecular complexity index is 446. The number of allylic oxidation sites excluding steroid dienone is 7. The van der Waals surface area contributed by atoms with Crippen molar-refractivity contribution in [1.29, 1.82) is 0 Å². The lowest BCUT2D eigenvalue weighted by Crippen LogP contribution is -1.88. The summed E-state index contributed by atoms with van der Waals surface area (Å²) in [6.07, 6.45) is 15.6. The van der Waals surface area contributed by atoms with Crippen LogP contribution in [0.1, 0.15) is 73.1 Å². The third kappa shape index (κ3) is 15.1. The molecule has 0 unspecified atom stereocenters. The van der Waals surface area contributed by atoms with Gasteiger partial charge in [0.15, 0.2) is 0 Å². The van der Waals surface area contributed by atoms with E-state index in [0.29, 0.717) is 13.1 Å². The van der Waals surface area contributed by atoms with E-state index in [2.05, 4.69) is 57.6 Å². The van der Waals surface area contributed by atoms with E-state index in [9.17, 15) is 4.79 Å². The van der Waals surface area contributed by atoms with Crippen LogP contribution in [0.3, 0.4) is 0 Å². The number of hydrogen-bond acceptors (Lipinski definition) is 2. The molecule has 0 bridgehead atoms. The quantitative estimate of drug-likeness (QED) is 0.239. The molecule has 0 aromatic rings. The highest BCUT2D eigenvalue weighted by Gasteiger charge is 1.93. The molecule has 23 heavy (non-hydrogen) atoms. The van der Waals surface area contributed by atoms with Crippen molar-refractivity contribution in [2.75, 3.05) is 6.61 Å². The second-order valence-corrected chi connectivity index (χ2v) is 6.48. The maximum absolute atomic E-state index is 10.1. The summed E-state index contributed by atoms with van der Waals surface area (Å²) in [5.41, 5.74) is 5.61. The first-order chi connectivity index (χ1) is 11.0. The topological polar surface area (TPSA) is 26.3 Å². The number of hydrogen-bond donors (Lipinski definition) is 0. The molecule has 0 atom stereocenters. The molecule has 0 saturated carbocycles. The number of carbonyl (C=O) groups excluding carboxylic acids is 1. The molecule has 0 aliphatic heterocycles. The van der Waals surface area contributed by atoms with Gasteiger partial charge in [-0.05, 0) is 79.2 Å². The normalized spacial score (nSPS) is 13.0. The van der Waals surface area contributed by atoms with Crippen molar-refractivity contribution in [3.63, 3.8) is 0 Å². The smallest absolute Gasteiger partial charge is 0.293 e. The molecule has 0 N–H and O–H groups in total. The molecule has 0 aromatic carbocycles. The summed E-state index contributed by atoms with van der Waals surface area (Å²) in [5.74, 6) is 0. The van der Waals surface area contributed by atoms with E-state index in [1.807, 2.05) is 6.08 Å². The standard InChI is InChI=1S/C21H34O2/c1-18(2)9-6-10-19(3)11-7-12-20(4)13-8-14-21(5)15-16-23-17-22/h9,11,13,15,17H,6-8,10,12,14,16H2,1-5H3/b19-11+,20-13+,21-15+. The van der Waals surface area contributed by atoms with Gasteiger partial charge in [-0.2, -0.15) is 0 Å². The van der Waals surface area contributed by atoms with Crippen molar-refractivity contribution in [2.45, 2.75) is 73.1 Å². The maximum atomic E-state index is 10.1. The Morgan fingerprint density at radius 1 is 0.696 bits per heavy atom. The van der Waals surface area contributed by atoms with Gasteiger partial charge in [0, 0.05) is 0 Å². The highest BCUT2D eigenvalue weighted by atomic mass is 16.5. The first-order valence-electron chi connectivity index (χ1n) is 8.61. The minimum atomic E-state index is 0.384. The number of carbonyl (C=O) groups is 1. The van der Waals surface area contributed by atoms with Gasteiger partial charge in [0.2, 0.25) is 0 Å². The molecule has 0 aliphatic rings. The van der Waals surface area contributed by atoms with Gasteiger partial charge >= 0.3 is 0 Å². The molecule has 0 fully saturated rings. The zero-order valence-corrected chi connectivity index (χ0v) is 15.7. The summed E-state index contributed by atoms with van der Waals surface area (Å²) in [6.45, 7) is 11.7. The van der Waals surface area contributed by atoms with Crippen molar-refractivity contribution in [2.24, 2.45) is 0 Å². The SMILES string of the molecule is CC(C)=CCC/C(C)=C/CC/C(C)=C/CC/C(C)=C/COC=O. The van der Waals surface area contributed by atoms with Gasteiger partial charge in [-0.3, -0.25) is 4.79 Å². The molecule has 0 amide bonds. The third-order valence-electron chi connectivity index (χ3n) is 3.75. The average Bonchev–Trinajstić information content (AvgIpc) is 2.47. The van der Waals surface area contributed by atoms with Crippen LogP contribution in [0.4, 0.5) is 0 Å². The molecule has 0 heterocycles. The van der Waals surface area contributed by atoms with Crippen molar-refractivity contribution in [3.05, 3.63) is 46.6 Å². The van der Waals surface area contributed by atoms with E-state index >= 15 is 0 Å². The monoisotopic (exact) mass is 318 g/mol. The van der Waals surface area contributed by atoms with Crippen LogP contribution in [-0.2, 0) is 9.53 Å². The van der Waals surface area contributed by atoms with Gasteiger partial charge in [-0.1, -0.05) is 40.5 Å². The molecular formula is C21H34O2. The van der Waals surface area contributed by atoms with Gasteiger partial charge in [-0.25, -0.2) is 0 Å². The molecule has 0 aromatic heterocycles. The minimum absolute atomic E-state index is 0.384. The van der Waals surface area contributed by atoms with Gasteiger partial charge in [0.05, 0.1) is 0 Å². The van der Waals surface area contributed by atoms with Crippen molar-refractivity contribution >= 4 is 6.47 Å². The molecular weight excluding hydrogens is 284 g/mol. The Morgan fingerprint density at radius 2 is 1.13 bits per heavy atom. The van der Waals surface area contributed by atoms with Gasteiger partial charge in [0.25, 0.3) is 6.47 Å². The predicted molar refractivity (Wildman–Crippen MR) is 100 cm³/mol. The van der Waals surface area contributed by atoms with E-state index in [-0.39, 0.29) is 0 Å². The Kier molecular flexibility index (Phi) is 13.1. The van der Waals surface area contributed by atoms with E-state index in [4.69, 9.17) is 0 Å². The molecule has 130 valence electrons. The van der Waals surface area contributed by atoms with Crippen molar-refractivity contribution in [3.8, 4) is 0 Å². The van der Waals surface area contributed by atoms with Crippen molar-refractivity contribution in [1.82, 2.24) is 0 Å². The van der Waals surface area contributed by atoms with Crippen LogP contribution in [0, 0.1) is 0 Å². The molecule has 2 heteroatoms. The second kappa shape index (κ2) is 14.0. The molecule has 2 nitrogen and oxygen atoms in total. The molecule has 0 radical (unpaired) electrons. The van der Waals surface area contributed by atoms with Crippen LogP contribution in [-0.4, -0.2) is 13.1 Å². The van der Waals surface area contributed by atoms with Crippen LogP contribution in [0.2, 0.25) is 0 Å². The van der Waals surface area contributed by atoms with Crippen LogP contribution in [0.5, 0.6) is 0 Å². The highest BCUT2D eigenvalue weighted by Crippen LogP contribution is 2.13. The highest BCUT2D eigenvalue weighted by molar-refractivity contribution is 5.37. The van der Waals surface area contributed by atoms with Gasteiger partial charge in [0.1, 0.15) is 6.61 Å². The Hall–Kier alpha value is -1.57. The van der Waals surface area contributed by atoms with Crippen LogP contribution in [0.25, 0.3) is 0 Å². The zero-order valence-electron chi connectivity index (χ0n) is 15.7. The summed E-state index contributed by atoms with van der Waals surface area (Å²) in [7, 11) is 0. The molecule has 0 rings (SSSR count). The van der Waals surface area contributed by atoms with Crippen molar-refractivity contribution < 1.29 is 9.53 Å². The summed E-state index contributed by atoms with van der Waals surface area (Å²) >= 11 is 0. The molecule has 0 spiro atoms. The summed E-state index contributed by atoms with van der Waals surface area (Å²) in [5, 5.41) is 0. The maximum Gasteiger partial charge on any atom is 0.293 e. The summed E-state index contributed by atoms with van der Waals surface area (Å²) < 4.78 is 4.67. The van der Waals surface area contributed by atoms with E-state index in [1.54, 1.807) is 0 Å². The largest absolute Gasteiger partial charge is 0.464 e. The van der Waals surface area contributed by atoms with Gasteiger partial charge in [-0.15, -0.1) is 0 Å². The summed E-state index contributed by atoms with van der Waals surface area (Å²) in [4.78, 5) is 10.1. The van der Waals surface area contributed by atoms with E-state index in [0.717, 1.165) is 32.1 Å². The zero-order chi connectivity index (χ0) is 17.5. The third-order valence-corrected chi connectivity index (χ3v) is 3.75. The first kappa shape index (κ1) is 21.4. The van der Waals surface area contributed by atoms with Crippen LogP contribution in [0.15, 0.2) is 46.6 Å². The Labute approximate surface area is 143 Å². The second-order valence-electron chi connectivity index (χ2n) is 6.48. The van der Waals surface area contributed by atoms with E-state index in [1.165, 1.54) is 28.7 Å². The van der Waals surface area contributed by atoms with Gasteiger partial charge < -0.3 is 4.74 Å². The lowest BCUT2D eigenvalue weighted by Gasteiger charge is -2.02. The number of rotatable bonds is 12. The molecule has 0 aliphatic carbocycles. The number of ether oxygens (including phenoxy) is 1. The fourth-order valence-electron chi connectivity index (χ4n) is 2.22. The fraction of sp³-hybridized carbons (Fsp3) is 0.571. The van der Waals surface area contributed by atoms with Crippen LogP contribution >= 0.6 is 0 Å². The Morgan fingerprint density at radius 3 is 1.57 bits per heavy atom. The lowest BCUT2D eigenvalue weighted by atomic mass is 10.0. The molecule has 0 saturated heterocycles.